The van der Waals surface area contributed by atoms with Gasteiger partial charge >= 0.3 is 11.9 Å². The van der Waals surface area contributed by atoms with E-state index in [2.05, 4.69) is 62.9 Å². The van der Waals surface area contributed by atoms with Crippen molar-refractivity contribution in [3.05, 3.63) is 47.5 Å². The lowest BCUT2D eigenvalue weighted by molar-refractivity contribution is -0.285. The van der Waals surface area contributed by atoms with E-state index >= 15 is 0 Å². The van der Waals surface area contributed by atoms with Crippen LogP contribution in [-0.2, 0) is 25.5 Å². The van der Waals surface area contributed by atoms with Crippen LogP contribution in [-0.4, -0.2) is 35.4 Å². The lowest BCUT2D eigenvalue weighted by atomic mass is 9.36. The monoisotopic (exact) mass is 656 g/mol. The van der Waals surface area contributed by atoms with Crippen molar-refractivity contribution in [3.8, 4) is 11.8 Å². The molecule has 0 saturated heterocycles. The van der Waals surface area contributed by atoms with Gasteiger partial charge in [-0.15, -0.1) is 5.92 Å². The molecule has 6 rings (SSSR count). The summed E-state index contributed by atoms with van der Waals surface area (Å²) in [5, 5.41) is 13.8. The maximum absolute atomic E-state index is 13.8. The summed E-state index contributed by atoms with van der Waals surface area (Å²) in [7, 11) is 0. The quantitative estimate of drug-likeness (QED) is 0.179. The van der Waals surface area contributed by atoms with Gasteiger partial charge in [0.25, 0.3) is 0 Å². The number of hydrogen-bond donors (Lipinski definition) is 1. The Hall–Kier alpha value is -2.58. The SMILES string of the molecule is CC(CCCc1ccccc1)CCCC12CCCC(C)(C3CCCCC3)C1C1CC(C)(C#CCCC(=O)O1)C2(O)CCC1=CC(=O)OC1. The lowest BCUT2D eigenvalue weighted by Crippen LogP contribution is -2.72. The second-order valence-corrected chi connectivity index (χ2v) is 16.8. The molecule has 2 heterocycles. The van der Waals surface area contributed by atoms with E-state index in [1.807, 2.05) is 0 Å². The molecule has 7 atom stereocenters. The summed E-state index contributed by atoms with van der Waals surface area (Å²) in [6.45, 7) is 7.38. The van der Waals surface area contributed by atoms with Gasteiger partial charge in [0.2, 0.25) is 0 Å². The largest absolute Gasteiger partial charge is 0.462 e. The average Bonchev–Trinajstić information content (AvgIpc) is 3.52. The second-order valence-electron chi connectivity index (χ2n) is 16.8. The van der Waals surface area contributed by atoms with Crippen molar-refractivity contribution in [2.24, 2.45) is 34.0 Å². The third kappa shape index (κ3) is 6.90. The molecule has 0 amide bonds. The number of ether oxygens (including phenoxy) is 2. The molecule has 5 nitrogen and oxygen atoms in total. The first-order valence-corrected chi connectivity index (χ1v) is 19.4. The Morgan fingerprint density at radius 2 is 1.73 bits per heavy atom. The molecule has 1 N–H and O–H groups in total. The van der Waals surface area contributed by atoms with Crippen LogP contribution in [0.3, 0.4) is 0 Å². The zero-order valence-corrected chi connectivity index (χ0v) is 30.0. The lowest BCUT2D eigenvalue weighted by Gasteiger charge is -2.70. The third-order valence-electron chi connectivity index (χ3n) is 13.9. The highest BCUT2D eigenvalue weighted by Crippen LogP contribution is 2.71. The Labute approximate surface area is 290 Å². The summed E-state index contributed by atoms with van der Waals surface area (Å²) in [5.74, 6) is 7.81. The van der Waals surface area contributed by atoms with Crippen LogP contribution in [0.15, 0.2) is 42.0 Å². The Balaban J connectivity index is 1.35. The highest BCUT2D eigenvalue weighted by atomic mass is 16.5. The van der Waals surface area contributed by atoms with Crippen LogP contribution < -0.4 is 0 Å². The van der Waals surface area contributed by atoms with E-state index in [1.165, 1.54) is 50.5 Å². The number of fused-ring (bicyclic) bond motifs is 4. The van der Waals surface area contributed by atoms with Crippen LogP contribution in [0.2, 0.25) is 0 Å². The minimum Gasteiger partial charge on any atom is -0.462 e. The molecule has 262 valence electrons. The molecule has 0 spiro atoms. The number of carbonyl (C=O) groups excluding carboxylic acids is 2. The van der Waals surface area contributed by atoms with Gasteiger partial charge in [0, 0.05) is 30.3 Å². The number of rotatable bonds is 12. The molecule has 1 aromatic rings. The molecule has 3 aliphatic carbocycles. The first-order valence-electron chi connectivity index (χ1n) is 19.4. The van der Waals surface area contributed by atoms with Gasteiger partial charge in [-0.05, 0) is 93.1 Å². The molecule has 3 saturated carbocycles. The standard InChI is InChI=1S/C43H60O5/c1-32(15-12-19-33-17-6-4-7-18-33)16-13-26-42-27-14-25-41(3,35-20-8-5-9-21-35)39(42)36-30-40(2,24-11-10-22-37(44)48-36)43(42,46)28-23-34-29-38(45)47-31-34/h4,6-7,17-18,29,32,35-36,39,46H,5,8-10,12-16,19-23,25-28,30-31H2,1-3H3. The number of aryl methyl sites for hydroxylation is 1. The number of cyclic esters (lactones) is 1. The second kappa shape index (κ2) is 14.7. The Bertz CT molecular complexity index is 1380. The number of hydrogen-bond acceptors (Lipinski definition) is 5. The normalized spacial score (nSPS) is 35.9. The van der Waals surface area contributed by atoms with Crippen molar-refractivity contribution < 1.29 is 24.2 Å². The Kier molecular flexibility index (Phi) is 10.8. The summed E-state index contributed by atoms with van der Waals surface area (Å²) in [4.78, 5) is 25.4. The molecular formula is C43H60O5. The van der Waals surface area contributed by atoms with E-state index in [9.17, 15) is 14.7 Å². The Morgan fingerprint density at radius 1 is 0.958 bits per heavy atom. The fraction of sp³-hybridized carbons (Fsp3) is 0.721. The van der Waals surface area contributed by atoms with E-state index in [0.29, 0.717) is 50.5 Å². The smallest absolute Gasteiger partial charge is 0.331 e. The summed E-state index contributed by atoms with van der Waals surface area (Å²) in [6, 6.07) is 10.8. The zero-order chi connectivity index (χ0) is 33.8. The molecule has 48 heavy (non-hydrogen) atoms. The topological polar surface area (TPSA) is 72.8 Å². The minimum atomic E-state index is -1.09. The van der Waals surface area contributed by atoms with Crippen LogP contribution in [0.5, 0.6) is 0 Å². The van der Waals surface area contributed by atoms with Gasteiger partial charge in [-0.25, -0.2) is 4.79 Å². The maximum atomic E-state index is 13.8. The van der Waals surface area contributed by atoms with Gasteiger partial charge in [-0.1, -0.05) is 95.0 Å². The molecule has 5 heteroatoms. The van der Waals surface area contributed by atoms with Gasteiger partial charge in [0.05, 0.1) is 17.4 Å². The summed E-state index contributed by atoms with van der Waals surface area (Å²) >= 11 is 0. The molecular weight excluding hydrogens is 596 g/mol. The van der Waals surface area contributed by atoms with Crippen LogP contribution >= 0.6 is 0 Å². The highest BCUT2D eigenvalue weighted by molar-refractivity contribution is 5.85. The zero-order valence-electron chi connectivity index (χ0n) is 30.0. The van der Waals surface area contributed by atoms with Crippen molar-refractivity contribution >= 4 is 11.9 Å². The molecule has 7 unspecified atom stereocenters. The van der Waals surface area contributed by atoms with Crippen molar-refractivity contribution in [1.82, 2.24) is 0 Å². The molecule has 0 radical (unpaired) electrons. The summed E-state index contributed by atoms with van der Waals surface area (Å²) in [6.07, 6.45) is 19.9. The van der Waals surface area contributed by atoms with E-state index in [0.717, 1.165) is 50.5 Å². The van der Waals surface area contributed by atoms with Gasteiger partial charge < -0.3 is 14.6 Å². The molecule has 0 aromatic heterocycles. The number of benzene rings is 1. The van der Waals surface area contributed by atoms with Crippen molar-refractivity contribution in [3.63, 3.8) is 0 Å². The van der Waals surface area contributed by atoms with Crippen molar-refractivity contribution in [1.29, 1.82) is 0 Å². The van der Waals surface area contributed by atoms with Crippen molar-refractivity contribution in [2.75, 3.05) is 6.61 Å². The summed E-state index contributed by atoms with van der Waals surface area (Å²) < 4.78 is 11.9. The predicted molar refractivity (Wildman–Crippen MR) is 190 cm³/mol. The van der Waals surface area contributed by atoms with Crippen LogP contribution in [0.25, 0.3) is 0 Å². The van der Waals surface area contributed by atoms with E-state index in [1.54, 1.807) is 6.08 Å². The van der Waals surface area contributed by atoms with Crippen LogP contribution in [0.4, 0.5) is 0 Å². The molecule has 2 bridgehead atoms. The highest BCUT2D eigenvalue weighted by Gasteiger charge is 2.72. The van der Waals surface area contributed by atoms with Crippen LogP contribution in [0, 0.1) is 45.8 Å². The molecule has 5 aliphatic rings. The van der Waals surface area contributed by atoms with E-state index in [4.69, 9.17) is 9.47 Å². The van der Waals surface area contributed by atoms with E-state index in [-0.39, 0.29) is 29.4 Å². The molecule has 3 fully saturated rings. The first kappa shape index (κ1) is 35.3. The van der Waals surface area contributed by atoms with Gasteiger partial charge in [0.1, 0.15) is 12.7 Å². The first-order chi connectivity index (χ1) is 23.1. The van der Waals surface area contributed by atoms with Gasteiger partial charge in [-0.3, -0.25) is 4.79 Å². The predicted octanol–water partition coefficient (Wildman–Crippen LogP) is 9.30. The number of carbonyl (C=O) groups is 2. The fourth-order valence-corrected chi connectivity index (χ4v) is 11.5. The van der Waals surface area contributed by atoms with Crippen molar-refractivity contribution in [2.45, 2.75) is 154 Å². The average molecular weight is 657 g/mol. The molecule has 1 aromatic carbocycles. The maximum Gasteiger partial charge on any atom is 0.331 e. The Morgan fingerprint density at radius 3 is 2.48 bits per heavy atom. The van der Waals surface area contributed by atoms with Gasteiger partial charge in [-0.2, -0.15) is 0 Å². The number of esters is 2. The fourth-order valence-electron chi connectivity index (χ4n) is 11.5. The molecule has 2 aliphatic heterocycles. The van der Waals surface area contributed by atoms with E-state index < -0.39 is 16.4 Å². The summed E-state index contributed by atoms with van der Waals surface area (Å²) in [5.41, 5.74) is 0.0892. The third-order valence-corrected chi connectivity index (χ3v) is 13.9. The number of aliphatic hydroxyl groups is 1. The van der Waals surface area contributed by atoms with Crippen LogP contribution in [0.1, 0.15) is 142 Å². The van der Waals surface area contributed by atoms with Gasteiger partial charge in [0.15, 0.2) is 0 Å². The minimum absolute atomic E-state index is 0.0204.